The predicted molar refractivity (Wildman–Crippen MR) is 51.6 cm³/mol. The summed E-state index contributed by atoms with van der Waals surface area (Å²) in [5, 5.41) is 8.68. The third kappa shape index (κ3) is 1.50. The fraction of sp³-hybridized carbons (Fsp3) is 0. The molecule has 0 fully saturated rings. The first-order valence-corrected chi connectivity index (χ1v) is 4.64. The maximum atomic E-state index is 10.6. The first-order valence-electron chi connectivity index (χ1n) is 3.45. The molecule has 0 amide bonds. The summed E-state index contributed by atoms with van der Waals surface area (Å²) < 4.78 is 1.41. The fourth-order valence-corrected chi connectivity index (χ4v) is 2.14. The molecule has 2 rings (SSSR count). The van der Waals surface area contributed by atoms with Crippen LogP contribution in [0.25, 0.3) is 10.2 Å². The van der Waals surface area contributed by atoms with E-state index in [1.54, 1.807) is 12.1 Å². The van der Waals surface area contributed by atoms with Gasteiger partial charge in [0.2, 0.25) is 0 Å². The molecule has 0 unspecified atom stereocenters. The molecule has 0 spiro atoms. The predicted octanol–water partition coefficient (Wildman–Crippen LogP) is 2.65. The summed E-state index contributed by atoms with van der Waals surface area (Å²) in [6.07, 6.45) is 1.33. The standard InChI is InChI=1S/C8H4ClNO2S/c9-7-2-5-6(13-7)1-4(3-10-5)8(11)12/h1-3H,(H,11,12). The molecule has 2 heterocycles. The van der Waals surface area contributed by atoms with Gasteiger partial charge in [0.1, 0.15) is 0 Å². The van der Waals surface area contributed by atoms with E-state index in [4.69, 9.17) is 16.7 Å². The van der Waals surface area contributed by atoms with E-state index >= 15 is 0 Å². The Balaban J connectivity index is 2.67. The van der Waals surface area contributed by atoms with Gasteiger partial charge in [0.05, 0.1) is 20.1 Å². The van der Waals surface area contributed by atoms with Crippen LogP contribution in [-0.4, -0.2) is 16.1 Å². The Labute approximate surface area is 82.6 Å². The molecule has 0 aromatic carbocycles. The van der Waals surface area contributed by atoms with Crippen LogP contribution in [0.2, 0.25) is 4.34 Å². The summed E-state index contributed by atoms with van der Waals surface area (Å²) in [6.45, 7) is 0. The quantitative estimate of drug-likeness (QED) is 0.792. The summed E-state index contributed by atoms with van der Waals surface area (Å²) in [7, 11) is 0. The van der Waals surface area contributed by atoms with Gasteiger partial charge in [-0.25, -0.2) is 4.79 Å². The van der Waals surface area contributed by atoms with Crippen molar-refractivity contribution in [2.45, 2.75) is 0 Å². The van der Waals surface area contributed by atoms with Crippen molar-refractivity contribution in [3.8, 4) is 0 Å². The highest BCUT2D eigenvalue weighted by Gasteiger charge is 2.06. The van der Waals surface area contributed by atoms with Crippen molar-refractivity contribution in [2.75, 3.05) is 0 Å². The number of pyridine rings is 1. The SMILES string of the molecule is O=C(O)c1cnc2cc(Cl)sc2c1. The van der Waals surface area contributed by atoms with Gasteiger partial charge in [-0.05, 0) is 12.1 Å². The Morgan fingerprint density at radius 1 is 1.54 bits per heavy atom. The largest absolute Gasteiger partial charge is 0.478 e. The van der Waals surface area contributed by atoms with Crippen molar-refractivity contribution >= 4 is 39.1 Å². The summed E-state index contributed by atoms with van der Waals surface area (Å²) in [5.41, 5.74) is 0.922. The van der Waals surface area contributed by atoms with E-state index in [-0.39, 0.29) is 5.56 Å². The van der Waals surface area contributed by atoms with Crippen LogP contribution in [0.5, 0.6) is 0 Å². The minimum absolute atomic E-state index is 0.186. The lowest BCUT2D eigenvalue weighted by Crippen LogP contribution is -1.95. The second-order valence-electron chi connectivity index (χ2n) is 2.46. The highest BCUT2D eigenvalue weighted by atomic mass is 35.5. The Morgan fingerprint density at radius 3 is 3.00 bits per heavy atom. The van der Waals surface area contributed by atoms with E-state index in [9.17, 15) is 4.79 Å². The van der Waals surface area contributed by atoms with Crippen LogP contribution in [0.1, 0.15) is 10.4 Å². The van der Waals surface area contributed by atoms with E-state index in [0.29, 0.717) is 4.34 Å². The number of halogens is 1. The molecule has 13 heavy (non-hydrogen) atoms. The van der Waals surface area contributed by atoms with E-state index in [1.807, 2.05) is 0 Å². The van der Waals surface area contributed by atoms with E-state index < -0.39 is 5.97 Å². The second kappa shape index (κ2) is 2.97. The molecule has 2 aromatic rings. The van der Waals surface area contributed by atoms with Crippen molar-refractivity contribution in [1.29, 1.82) is 0 Å². The molecule has 3 nitrogen and oxygen atoms in total. The number of carboxylic acids is 1. The molecule has 1 N–H and O–H groups in total. The third-order valence-electron chi connectivity index (χ3n) is 1.59. The fourth-order valence-electron chi connectivity index (χ4n) is 1.00. The van der Waals surface area contributed by atoms with Crippen LogP contribution in [0.15, 0.2) is 18.3 Å². The van der Waals surface area contributed by atoms with Crippen molar-refractivity contribution in [3.05, 3.63) is 28.2 Å². The van der Waals surface area contributed by atoms with Crippen LogP contribution in [0.3, 0.4) is 0 Å². The highest BCUT2D eigenvalue weighted by Crippen LogP contribution is 2.28. The van der Waals surface area contributed by atoms with Gasteiger partial charge < -0.3 is 5.11 Å². The minimum atomic E-state index is -0.973. The molecule has 0 aliphatic rings. The number of carbonyl (C=O) groups is 1. The molecule has 0 aliphatic heterocycles. The minimum Gasteiger partial charge on any atom is -0.478 e. The number of nitrogens with zero attached hydrogens (tertiary/aromatic N) is 1. The summed E-state index contributed by atoms with van der Waals surface area (Å²) in [4.78, 5) is 14.6. The maximum absolute atomic E-state index is 10.6. The lowest BCUT2D eigenvalue weighted by Gasteiger charge is -1.91. The Hall–Kier alpha value is -1.13. The van der Waals surface area contributed by atoms with Gasteiger partial charge in [0.15, 0.2) is 0 Å². The zero-order valence-corrected chi connectivity index (χ0v) is 7.89. The molecule has 0 saturated carbocycles. The number of aromatic nitrogens is 1. The average molecular weight is 214 g/mol. The third-order valence-corrected chi connectivity index (χ3v) is 2.79. The average Bonchev–Trinajstić information content (AvgIpc) is 2.42. The zero-order chi connectivity index (χ0) is 9.42. The maximum Gasteiger partial charge on any atom is 0.337 e. The number of fused-ring (bicyclic) bond motifs is 1. The molecule has 0 bridgehead atoms. The van der Waals surface area contributed by atoms with Crippen molar-refractivity contribution < 1.29 is 9.90 Å². The zero-order valence-electron chi connectivity index (χ0n) is 6.32. The van der Waals surface area contributed by atoms with Crippen LogP contribution in [0.4, 0.5) is 0 Å². The highest BCUT2D eigenvalue weighted by molar-refractivity contribution is 7.22. The van der Waals surface area contributed by atoms with Crippen LogP contribution in [-0.2, 0) is 0 Å². The number of carboxylic acid groups (broad SMARTS) is 1. The van der Waals surface area contributed by atoms with Gasteiger partial charge in [-0.15, -0.1) is 11.3 Å². The number of hydrogen-bond donors (Lipinski definition) is 1. The summed E-state index contributed by atoms with van der Waals surface area (Å²) in [6, 6.07) is 3.29. The topological polar surface area (TPSA) is 50.2 Å². The normalized spacial score (nSPS) is 10.5. The van der Waals surface area contributed by atoms with Gasteiger partial charge in [0, 0.05) is 6.20 Å². The molecule has 66 valence electrons. The molecular weight excluding hydrogens is 210 g/mol. The van der Waals surface area contributed by atoms with E-state index in [0.717, 1.165) is 10.2 Å². The molecular formula is C8H4ClNO2S. The van der Waals surface area contributed by atoms with Gasteiger partial charge in [0.25, 0.3) is 0 Å². The number of rotatable bonds is 1. The molecule has 0 aliphatic carbocycles. The van der Waals surface area contributed by atoms with Gasteiger partial charge in [-0.1, -0.05) is 11.6 Å². The first-order chi connectivity index (χ1) is 6.16. The van der Waals surface area contributed by atoms with Crippen LogP contribution < -0.4 is 0 Å². The Bertz CT molecular complexity index is 480. The van der Waals surface area contributed by atoms with Crippen LogP contribution >= 0.6 is 22.9 Å². The van der Waals surface area contributed by atoms with Crippen LogP contribution in [0, 0.1) is 0 Å². The smallest absolute Gasteiger partial charge is 0.337 e. The Morgan fingerprint density at radius 2 is 2.31 bits per heavy atom. The summed E-state index contributed by atoms with van der Waals surface area (Å²) >= 11 is 7.07. The summed E-state index contributed by atoms with van der Waals surface area (Å²) in [5.74, 6) is -0.973. The van der Waals surface area contributed by atoms with Gasteiger partial charge in [-0.2, -0.15) is 0 Å². The Kier molecular flexibility index (Phi) is 1.94. The molecule has 0 saturated heterocycles. The molecule has 0 atom stereocenters. The monoisotopic (exact) mass is 213 g/mol. The molecule has 2 aromatic heterocycles. The second-order valence-corrected chi connectivity index (χ2v) is 4.18. The lowest BCUT2D eigenvalue weighted by atomic mass is 10.3. The van der Waals surface area contributed by atoms with E-state index in [1.165, 1.54) is 17.5 Å². The van der Waals surface area contributed by atoms with Gasteiger partial charge in [-0.3, -0.25) is 4.98 Å². The van der Waals surface area contributed by atoms with Gasteiger partial charge >= 0.3 is 5.97 Å². The van der Waals surface area contributed by atoms with Crippen molar-refractivity contribution in [1.82, 2.24) is 4.98 Å². The lowest BCUT2D eigenvalue weighted by molar-refractivity contribution is 0.0696. The molecule has 0 radical (unpaired) electrons. The van der Waals surface area contributed by atoms with Crippen molar-refractivity contribution in [2.24, 2.45) is 0 Å². The first kappa shape index (κ1) is 8.47. The number of aromatic carboxylic acids is 1. The number of thiophene rings is 1. The number of hydrogen-bond acceptors (Lipinski definition) is 3. The van der Waals surface area contributed by atoms with E-state index in [2.05, 4.69) is 4.98 Å². The van der Waals surface area contributed by atoms with Crippen molar-refractivity contribution in [3.63, 3.8) is 0 Å². The molecule has 5 heteroatoms.